The van der Waals surface area contributed by atoms with E-state index in [1.165, 1.54) is 19.3 Å². The van der Waals surface area contributed by atoms with E-state index in [4.69, 9.17) is 4.74 Å². The van der Waals surface area contributed by atoms with Gasteiger partial charge >= 0.3 is 5.97 Å². The Hall–Kier alpha value is -1.81. The van der Waals surface area contributed by atoms with Gasteiger partial charge in [0.15, 0.2) is 0 Å². The van der Waals surface area contributed by atoms with Crippen molar-refractivity contribution in [3.05, 3.63) is 36.0 Å². The number of hydrogen-bond acceptors (Lipinski definition) is 3. The number of ether oxygens (including phenoxy) is 1. The summed E-state index contributed by atoms with van der Waals surface area (Å²) < 4.78 is 5.78. The number of esters is 1. The van der Waals surface area contributed by atoms with Crippen molar-refractivity contribution in [1.82, 2.24) is 10.3 Å². The van der Waals surface area contributed by atoms with E-state index in [1.807, 2.05) is 24.3 Å². The molecule has 0 spiro atoms. The maximum Gasteiger partial charge on any atom is 0.340 e. The lowest BCUT2D eigenvalue weighted by molar-refractivity contribution is 0.00765. The van der Waals surface area contributed by atoms with Gasteiger partial charge in [0.25, 0.3) is 0 Å². The first kappa shape index (κ1) is 12.9. The van der Waals surface area contributed by atoms with E-state index < -0.39 is 0 Å². The molecule has 2 N–H and O–H groups in total. The summed E-state index contributed by atoms with van der Waals surface area (Å²) in [6.07, 6.45) is 7.42. The van der Waals surface area contributed by atoms with Crippen molar-refractivity contribution in [2.24, 2.45) is 0 Å². The second-order valence-electron chi connectivity index (χ2n) is 6.24. The first-order valence-corrected chi connectivity index (χ1v) is 7.83. The molecule has 110 valence electrons. The van der Waals surface area contributed by atoms with Crippen molar-refractivity contribution in [2.45, 2.75) is 50.3 Å². The highest BCUT2D eigenvalue weighted by Crippen LogP contribution is 2.28. The Balaban J connectivity index is 1.50. The highest BCUT2D eigenvalue weighted by molar-refractivity contribution is 6.04. The lowest BCUT2D eigenvalue weighted by atomic mass is 9.85. The zero-order valence-corrected chi connectivity index (χ0v) is 12.0. The molecule has 0 aliphatic carbocycles. The minimum absolute atomic E-state index is 0.0581. The molecule has 21 heavy (non-hydrogen) atoms. The lowest BCUT2D eigenvalue weighted by Crippen LogP contribution is -2.51. The van der Waals surface area contributed by atoms with Crippen LogP contribution in [0.4, 0.5) is 0 Å². The molecule has 2 aliphatic heterocycles. The Kier molecular flexibility index (Phi) is 3.19. The van der Waals surface area contributed by atoms with Gasteiger partial charge in [-0.05, 0) is 31.7 Å². The van der Waals surface area contributed by atoms with Crippen LogP contribution >= 0.6 is 0 Å². The lowest BCUT2D eigenvalue weighted by Gasteiger charge is -2.39. The Morgan fingerprint density at radius 1 is 1.14 bits per heavy atom. The van der Waals surface area contributed by atoms with E-state index in [1.54, 1.807) is 6.20 Å². The molecule has 2 aromatic rings. The van der Waals surface area contributed by atoms with Crippen molar-refractivity contribution >= 4 is 16.9 Å². The van der Waals surface area contributed by atoms with Crippen LogP contribution in [0.3, 0.4) is 0 Å². The predicted octanol–water partition coefficient (Wildman–Crippen LogP) is 3.00. The average molecular weight is 284 g/mol. The van der Waals surface area contributed by atoms with Crippen LogP contribution in [0.1, 0.15) is 42.5 Å². The second kappa shape index (κ2) is 5.19. The van der Waals surface area contributed by atoms with Crippen molar-refractivity contribution in [3.8, 4) is 0 Å². The Morgan fingerprint density at radius 3 is 2.71 bits per heavy atom. The number of aromatic nitrogens is 1. The normalized spacial score (nSPS) is 28.5. The number of carbonyl (C=O) groups excluding carboxylic acids is 1. The fourth-order valence-electron chi connectivity index (χ4n) is 3.76. The number of benzene rings is 1. The van der Waals surface area contributed by atoms with Crippen LogP contribution in [0.2, 0.25) is 0 Å². The van der Waals surface area contributed by atoms with E-state index in [-0.39, 0.29) is 12.1 Å². The van der Waals surface area contributed by atoms with Crippen LogP contribution < -0.4 is 5.32 Å². The summed E-state index contributed by atoms with van der Waals surface area (Å²) >= 11 is 0. The predicted molar refractivity (Wildman–Crippen MR) is 81.3 cm³/mol. The molecule has 0 radical (unpaired) electrons. The second-order valence-corrected chi connectivity index (χ2v) is 6.24. The number of H-pyrrole nitrogens is 1. The zero-order chi connectivity index (χ0) is 14.2. The Morgan fingerprint density at radius 2 is 1.90 bits per heavy atom. The van der Waals surface area contributed by atoms with Gasteiger partial charge in [-0.3, -0.25) is 0 Å². The van der Waals surface area contributed by atoms with Crippen molar-refractivity contribution < 1.29 is 9.53 Å². The molecule has 1 aromatic carbocycles. The fraction of sp³-hybridized carbons (Fsp3) is 0.471. The van der Waals surface area contributed by atoms with Crippen LogP contribution in [0.5, 0.6) is 0 Å². The third-order valence-corrected chi connectivity index (χ3v) is 4.75. The molecule has 2 saturated heterocycles. The smallest absolute Gasteiger partial charge is 0.340 e. The van der Waals surface area contributed by atoms with Gasteiger partial charge < -0.3 is 15.0 Å². The minimum Gasteiger partial charge on any atom is -0.459 e. The number of hydrogen-bond donors (Lipinski definition) is 2. The summed E-state index contributed by atoms with van der Waals surface area (Å²) in [6.45, 7) is 0. The number of aromatic amines is 1. The van der Waals surface area contributed by atoms with Crippen molar-refractivity contribution in [2.75, 3.05) is 0 Å². The SMILES string of the molecule is O=C(OC1CC2CCCC(C1)N2)c1c[nH]c2ccccc12. The van der Waals surface area contributed by atoms with E-state index in [0.29, 0.717) is 17.6 Å². The first-order chi connectivity index (χ1) is 10.3. The summed E-state index contributed by atoms with van der Waals surface area (Å²) in [5, 5.41) is 4.56. The summed E-state index contributed by atoms with van der Waals surface area (Å²) in [7, 11) is 0. The van der Waals surface area contributed by atoms with Gasteiger partial charge in [0.2, 0.25) is 0 Å². The van der Waals surface area contributed by atoms with E-state index in [2.05, 4.69) is 10.3 Å². The number of para-hydroxylation sites is 1. The van der Waals surface area contributed by atoms with Crippen LogP contribution in [0, 0.1) is 0 Å². The van der Waals surface area contributed by atoms with Gasteiger partial charge in [-0.1, -0.05) is 24.6 Å². The van der Waals surface area contributed by atoms with E-state index >= 15 is 0 Å². The number of carbonyl (C=O) groups is 1. The van der Waals surface area contributed by atoms with Crippen LogP contribution in [-0.4, -0.2) is 29.1 Å². The molecule has 0 saturated carbocycles. The molecular formula is C17H20N2O2. The van der Waals surface area contributed by atoms with E-state index in [0.717, 1.165) is 23.7 Å². The van der Waals surface area contributed by atoms with Gasteiger partial charge in [-0.15, -0.1) is 0 Å². The number of piperidine rings is 2. The quantitative estimate of drug-likeness (QED) is 0.834. The van der Waals surface area contributed by atoms with Crippen LogP contribution in [-0.2, 0) is 4.74 Å². The molecule has 2 bridgehead atoms. The molecule has 0 amide bonds. The highest BCUT2D eigenvalue weighted by atomic mass is 16.5. The molecular weight excluding hydrogens is 264 g/mol. The standard InChI is InChI=1S/C17H20N2O2/c20-17(15-10-18-16-7-2-1-6-14(15)16)21-13-8-11-4-3-5-12(9-13)19-11/h1-2,6-7,10-13,18-19H,3-5,8-9H2. The highest BCUT2D eigenvalue weighted by Gasteiger charge is 2.33. The van der Waals surface area contributed by atoms with E-state index in [9.17, 15) is 4.79 Å². The molecule has 3 heterocycles. The molecule has 4 heteroatoms. The molecule has 2 fully saturated rings. The first-order valence-electron chi connectivity index (χ1n) is 7.83. The third kappa shape index (κ3) is 2.44. The maximum atomic E-state index is 12.4. The monoisotopic (exact) mass is 284 g/mol. The zero-order valence-electron chi connectivity index (χ0n) is 12.0. The van der Waals surface area contributed by atoms with Crippen molar-refractivity contribution in [1.29, 1.82) is 0 Å². The molecule has 4 nitrogen and oxygen atoms in total. The molecule has 2 unspecified atom stereocenters. The summed E-state index contributed by atoms with van der Waals surface area (Å²) in [5.74, 6) is -0.197. The fourth-order valence-corrected chi connectivity index (χ4v) is 3.76. The number of rotatable bonds is 2. The number of nitrogens with one attached hydrogen (secondary N) is 2. The maximum absolute atomic E-state index is 12.4. The summed E-state index contributed by atoms with van der Waals surface area (Å²) in [4.78, 5) is 15.6. The van der Waals surface area contributed by atoms with Crippen LogP contribution in [0.15, 0.2) is 30.5 Å². The number of fused-ring (bicyclic) bond motifs is 3. The Bertz CT molecular complexity index is 652. The third-order valence-electron chi connectivity index (χ3n) is 4.75. The molecule has 1 aromatic heterocycles. The van der Waals surface area contributed by atoms with Gasteiger partial charge in [-0.2, -0.15) is 0 Å². The molecule has 2 atom stereocenters. The van der Waals surface area contributed by atoms with Gasteiger partial charge in [0, 0.05) is 29.2 Å². The van der Waals surface area contributed by atoms with Gasteiger partial charge in [0.1, 0.15) is 6.10 Å². The topological polar surface area (TPSA) is 54.1 Å². The summed E-state index contributed by atoms with van der Waals surface area (Å²) in [6, 6.07) is 8.89. The van der Waals surface area contributed by atoms with Crippen LogP contribution in [0.25, 0.3) is 10.9 Å². The summed E-state index contributed by atoms with van der Waals surface area (Å²) in [5.41, 5.74) is 1.63. The average Bonchev–Trinajstić information content (AvgIpc) is 2.91. The van der Waals surface area contributed by atoms with Crippen molar-refractivity contribution in [3.63, 3.8) is 0 Å². The molecule has 4 rings (SSSR count). The van der Waals surface area contributed by atoms with Gasteiger partial charge in [0.05, 0.1) is 5.56 Å². The minimum atomic E-state index is -0.197. The van der Waals surface area contributed by atoms with Gasteiger partial charge in [-0.25, -0.2) is 4.79 Å². The largest absolute Gasteiger partial charge is 0.459 e. The Labute approximate surface area is 123 Å². The molecule has 2 aliphatic rings.